The van der Waals surface area contributed by atoms with Crippen LogP contribution in [0.15, 0.2) is 12.7 Å². The minimum Gasteiger partial charge on any atom is -0.300 e. The van der Waals surface area contributed by atoms with Crippen LogP contribution < -0.4 is 0 Å². The summed E-state index contributed by atoms with van der Waals surface area (Å²) >= 11 is 1.78. The molecule has 0 heterocycles. The SMILES string of the molecule is C=CCSCCC(=O)CCCCC. The number of ketones is 1. The number of carbonyl (C=O) groups is 1. The molecule has 0 aliphatic rings. The minimum absolute atomic E-state index is 0.421. The van der Waals surface area contributed by atoms with Crippen molar-refractivity contribution in [1.29, 1.82) is 0 Å². The lowest BCUT2D eigenvalue weighted by Crippen LogP contribution is -1.99. The van der Waals surface area contributed by atoms with Gasteiger partial charge in [0.1, 0.15) is 5.78 Å². The van der Waals surface area contributed by atoms with Crippen LogP contribution in [0.5, 0.6) is 0 Å². The highest BCUT2D eigenvalue weighted by Crippen LogP contribution is 2.06. The van der Waals surface area contributed by atoms with Gasteiger partial charge in [-0.25, -0.2) is 0 Å². The van der Waals surface area contributed by atoms with Crippen molar-refractivity contribution in [1.82, 2.24) is 0 Å². The van der Waals surface area contributed by atoms with E-state index in [-0.39, 0.29) is 0 Å². The number of hydrogen-bond acceptors (Lipinski definition) is 2. The van der Waals surface area contributed by atoms with Crippen molar-refractivity contribution in [3.8, 4) is 0 Å². The Bertz CT molecular complexity index is 143. The molecule has 0 rings (SSSR count). The number of thioether (sulfide) groups is 1. The third kappa shape index (κ3) is 9.68. The Hall–Kier alpha value is -0.240. The summed E-state index contributed by atoms with van der Waals surface area (Å²) in [6.45, 7) is 5.79. The number of Topliss-reactive ketones (excluding diaryl/α,β-unsaturated/α-hetero) is 1. The van der Waals surface area contributed by atoms with E-state index in [9.17, 15) is 4.79 Å². The van der Waals surface area contributed by atoms with Gasteiger partial charge in [-0.15, -0.1) is 6.58 Å². The second-order valence-corrected chi connectivity index (χ2v) is 4.26. The highest BCUT2D eigenvalue weighted by molar-refractivity contribution is 7.99. The van der Waals surface area contributed by atoms with Crippen LogP contribution in [0.1, 0.15) is 39.0 Å². The lowest BCUT2D eigenvalue weighted by Gasteiger charge is -1.99. The van der Waals surface area contributed by atoms with Crippen LogP contribution in [0.4, 0.5) is 0 Å². The summed E-state index contributed by atoms with van der Waals surface area (Å²) in [7, 11) is 0. The molecule has 0 aliphatic carbocycles. The first-order valence-electron chi connectivity index (χ1n) is 5.01. The molecule has 0 amide bonds. The van der Waals surface area contributed by atoms with Crippen molar-refractivity contribution < 1.29 is 4.79 Å². The molecular weight excluding hydrogens is 180 g/mol. The summed E-state index contributed by atoms with van der Waals surface area (Å²) in [6.07, 6.45) is 6.85. The summed E-state index contributed by atoms with van der Waals surface area (Å²) < 4.78 is 0. The van der Waals surface area contributed by atoms with E-state index in [0.29, 0.717) is 5.78 Å². The van der Waals surface area contributed by atoms with Crippen molar-refractivity contribution in [2.24, 2.45) is 0 Å². The van der Waals surface area contributed by atoms with Gasteiger partial charge in [0.15, 0.2) is 0 Å². The first-order chi connectivity index (χ1) is 6.31. The molecule has 0 N–H and O–H groups in total. The van der Waals surface area contributed by atoms with Crippen molar-refractivity contribution in [2.45, 2.75) is 39.0 Å². The standard InChI is InChI=1S/C11H20OS/c1-3-5-6-7-11(12)8-10-13-9-4-2/h4H,2-3,5-10H2,1H3. The molecule has 0 aromatic heterocycles. The van der Waals surface area contributed by atoms with Gasteiger partial charge < -0.3 is 0 Å². The predicted molar refractivity (Wildman–Crippen MR) is 61.3 cm³/mol. The lowest BCUT2D eigenvalue weighted by molar-refractivity contribution is -0.118. The van der Waals surface area contributed by atoms with Crippen LogP contribution in [0.2, 0.25) is 0 Å². The fraction of sp³-hybridized carbons (Fsp3) is 0.727. The summed E-state index contributed by atoms with van der Waals surface area (Å²) in [5, 5.41) is 0. The van der Waals surface area contributed by atoms with E-state index < -0.39 is 0 Å². The lowest BCUT2D eigenvalue weighted by atomic mass is 10.1. The second kappa shape index (κ2) is 9.85. The van der Waals surface area contributed by atoms with E-state index in [2.05, 4.69) is 13.5 Å². The maximum Gasteiger partial charge on any atom is 0.133 e. The monoisotopic (exact) mass is 200 g/mol. The number of rotatable bonds is 9. The van der Waals surface area contributed by atoms with Gasteiger partial charge in [0.05, 0.1) is 0 Å². The van der Waals surface area contributed by atoms with E-state index in [1.165, 1.54) is 12.8 Å². The predicted octanol–water partition coefficient (Wildman–Crippen LogP) is 3.45. The van der Waals surface area contributed by atoms with E-state index >= 15 is 0 Å². The molecular formula is C11H20OS. The molecule has 0 aromatic rings. The maximum atomic E-state index is 11.2. The van der Waals surface area contributed by atoms with Gasteiger partial charge in [-0.3, -0.25) is 4.79 Å². The van der Waals surface area contributed by atoms with E-state index in [1.54, 1.807) is 11.8 Å². The fourth-order valence-electron chi connectivity index (χ4n) is 1.05. The van der Waals surface area contributed by atoms with Gasteiger partial charge in [0.25, 0.3) is 0 Å². The molecule has 0 spiro atoms. The van der Waals surface area contributed by atoms with Crippen LogP contribution in [0.3, 0.4) is 0 Å². The molecule has 0 saturated carbocycles. The molecule has 13 heavy (non-hydrogen) atoms. The zero-order valence-electron chi connectivity index (χ0n) is 8.55. The molecule has 2 heteroatoms. The molecule has 0 unspecified atom stereocenters. The topological polar surface area (TPSA) is 17.1 Å². The zero-order valence-corrected chi connectivity index (χ0v) is 9.37. The average Bonchev–Trinajstić information content (AvgIpc) is 2.13. The number of carbonyl (C=O) groups excluding carboxylic acids is 1. The highest BCUT2D eigenvalue weighted by Gasteiger charge is 2.00. The second-order valence-electron chi connectivity index (χ2n) is 3.11. The number of hydrogen-bond donors (Lipinski definition) is 0. The first-order valence-corrected chi connectivity index (χ1v) is 6.17. The molecule has 0 atom stereocenters. The van der Waals surface area contributed by atoms with Gasteiger partial charge in [-0.1, -0.05) is 25.8 Å². The molecule has 0 saturated heterocycles. The first kappa shape index (κ1) is 12.8. The third-order valence-electron chi connectivity index (χ3n) is 1.82. The Morgan fingerprint density at radius 3 is 2.77 bits per heavy atom. The third-order valence-corrected chi connectivity index (χ3v) is 2.78. The summed E-state index contributed by atoms with van der Waals surface area (Å²) in [5.74, 6) is 2.34. The maximum absolute atomic E-state index is 11.2. The molecule has 0 fully saturated rings. The summed E-state index contributed by atoms with van der Waals surface area (Å²) in [4.78, 5) is 11.2. The quantitative estimate of drug-likeness (QED) is 0.419. The summed E-state index contributed by atoms with van der Waals surface area (Å²) in [6, 6.07) is 0. The van der Waals surface area contributed by atoms with E-state index in [1.807, 2.05) is 6.08 Å². The average molecular weight is 200 g/mol. The van der Waals surface area contributed by atoms with E-state index in [0.717, 1.165) is 30.8 Å². The Morgan fingerprint density at radius 1 is 1.38 bits per heavy atom. The Labute approximate surface area is 86.0 Å². The van der Waals surface area contributed by atoms with Gasteiger partial charge in [0, 0.05) is 24.3 Å². The smallest absolute Gasteiger partial charge is 0.133 e. The molecule has 0 radical (unpaired) electrons. The van der Waals surface area contributed by atoms with Crippen LogP contribution in [0.25, 0.3) is 0 Å². The van der Waals surface area contributed by atoms with Crippen LogP contribution in [-0.4, -0.2) is 17.3 Å². The molecule has 1 nitrogen and oxygen atoms in total. The van der Waals surface area contributed by atoms with Crippen molar-refractivity contribution in [3.05, 3.63) is 12.7 Å². The van der Waals surface area contributed by atoms with Crippen LogP contribution in [-0.2, 0) is 4.79 Å². The zero-order chi connectivity index (χ0) is 9.94. The van der Waals surface area contributed by atoms with Gasteiger partial charge in [-0.05, 0) is 6.42 Å². The van der Waals surface area contributed by atoms with Crippen LogP contribution >= 0.6 is 11.8 Å². The summed E-state index contributed by atoms with van der Waals surface area (Å²) in [5.41, 5.74) is 0. The van der Waals surface area contributed by atoms with Gasteiger partial charge in [-0.2, -0.15) is 11.8 Å². The molecule has 76 valence electrons. The minimum atomic E-state index is 0.421. The highest BCUT2D eigenvalue weighted by atomic mass is 32.2. The van der Waals surface area contributed by atoms with Crippen molar-refractivity contribution in [3.63, 3.8) is 0 Å². The Kier molecular flexibility index (Phi) is 9.66. The van der Waals surface area contributed by atoms with E-state index in [4.69, 9.17) is 0 Å². The Balaban J connectivity index is 3.15. The van der Waals surface area contributed by atoms with Crippen LogP contribution in [0, 0.1) is 0 Å². The van der Waals surface area contributed by atoms with Crippen molar-refractivity contribution in [2.75, 3.05) is 11.5 Å². The van der Waals surface area contributed by atoms with Gasteiger partial charge >= 0.3 is 0 Å². The molecule has 0 bridgehead atoms. The van der Waals surface area contributed by atoms with Crippen molar-refractivity contribution >= 4 is 17.5 Å². The molecule has 0 aliphatic heterocycles. The Morgan fingerprint density at radius 2 is 2.15 bits per heavy atom. The fourth-order valence-corrected chi connectivity index (χ4v) is 1.76. The number of unbranched alkanes of at least 4 members (excludes halogenated alkanes) is 2. The largest absolute Gasteiger partial charge is 0.300 e. The van der Waals surface area contributed by atoms with Gasteiger partial charge in [0.2, 0.25) is 0 Å². The normalized spacial score (nSPS) is 9.92. The molecule has 0 aromatic carbocycles.